The van der Waals surface area contributed by atoms with Gasteiger partial charge in [-0.2, -0.15) is 0 Å². The summed E-state index contributed by atoms with van der Waals surface area (Å²) >= 11 is 0. The van der Waals surface area contributed by atoms with Gasteiger partial charge in [0.15, 0.2) is 0 Å². The van der Waals surface area contributed by atoms with Crippen LogP contribution in [0.25, 0.3) is 0 Å². The van der Waals surface area contributed by atoms with E-state index in [0.29, 0.717) is 11.2 Å². The third kappa shape index (κ3) is 0.634. The first-order valence-electron chi connectivity index (χ1n) is 5.01. The third-order valence-corrected chi connectivity index (χ3v) is 4.24. The van der Waals surface area contributed by atoms with Crippen LogP contribution in [-0.2, 0) is 4.79 Å². The summed E-state index contributed by atoms with van der Waals surface area (Å²) in [4.78, 5) is 11.3. The zero-order valence-electron chi connectivity index (χ0n) is 7.25. The Kier molecular flexibility index (Phi) is 1.15. The van der Waals surface area contributed by atoms with E-state index in [4.69, 9.17) is 0 Å². The lowest BCUT2D eigenvalue weighted by atomic mass is 9.75. The average Bonchev–Trinajstić information content (AvgIpc) is 2.71. The molecule has 0 aromatic rings. The van der Waals surface area contributed by atoms with E-state index in [1.807, 2.05) is 0 Å². The maximum absolute atomic E-state index is 11.3. The average molecular weight is 162 g/mol. The second kappa shape index (κ2) is 2.01. The molecular weight excluding hydrogens is 148 g/mol. The molecule has 3 aliphatic carbocycles. The molecule has 0 amide bonds. The first kappa shape index (κ1) is 6.88. The van der Waals surface area contributed by atoms with Gasteiger partial charge in [0.1, 0.15) is 5.78 Å². The molecular formula is C11H14O. The van der Waals surface area contributed by atoms with Crippen LogP contribution in [0.4, 0.5) is 0 Å². The van der Waals surface area contributed by atoms with Crippen LogP contribution < -0.4 is 0 Å². The van der Waals surface area contributed by atoms with Crippen molar-refractivity contribution in [1.29, 1.82) is 0 Å². The van der Waals surface area contributed by atoms with Gasteiger partial charge < -0.3 is 0 Å². The highest BCUT2D eigenvalue weighted by atomic mass is 16.1. The summed E-state index contributed by atoms with van der Waals surface area (Å²) in [6.07, 6.45) is 10.3. The van der Waals surface area contributed by atoms with E-state index >= 15 is 0 Å². The van der Waals surface area contributed by atoms with Crippen LogP contribution in [0.15, 0.2) is 12.2 Å². The number of Topliss-reactive ketones (excluding diaryl/α,β-unsaturated/α-hetero) is 1. The van der Waals surface area contributed by atoms with Gasteiger partial charge in [-0.3, -0.25) is 4.79 Å². The fraction of sp³-hybridized carbons (Fsp3) is 0.727. The van der Waals surface area contributed by atoms with Gasteiger partial charge in [0.25, 0.3) is 0 Å². The highest BCUT2D eigenvalue weighted by Crippen LogP contribution is 2.61. The molecule has 2 bridgehead atoms. The molecule has 0 aromatic heterocycles. The lowest BCUT2D eigenvalue weighted by Crippen LogP contribution is -2.23. The van der Waals surface area contributed by atoms with E-state index in [-0.39, 0.29) is 0 Å². The fourth-order valence-corrected chi connectivity index (χ4v) is 3.60. The minimum atomic E-state index is 0.428. The number of carbonyl (C=O) groups is 1. The van der Waals surface area contributed by atoms with Crippen molar-refractivity contribution in [3.8, 4) is 0 Å². The van der Waals surface area contributed by atoms with Crippen LogP contribution in [0, 0.1) is 17.3 Å². The van der Waals surface area contributed by atoms with E-state index in [9.17, 15) is 4.79 Å². The summed E-state index contributed by atoms with van der Waals surface area (Å²) in [6.45, 7) is 0. The van der Waals surface area contributed by atoms with E-state index in [1.165, 1.54) is 19.3 Å². The Hall–Kier alpha value is -0.590. The van der Waals surface area contributed by atoms with Crippen LogP contribution in [0.2, 0.25) is 0 Å². The Morgan fingerprint density at radius 1 is 1.25 bits per heavy atom. The highest BCUT2D eigenvalue weighted by molar-refractivity contribution is 5.82. The molecule has 2 saturated carbocycles. The van der Waals surface area contributed by atoms with Crippen molar-refractivity contribution in [3.05, 3.63) is 12.2 Å². The van der Waals surface area contributed by atoms with E-state index in [2.05, 4.69) is 12.2 Å². The summed E-state index contributed by atoms with van der Waals surface area (Å²) in [5.74, 6) is 2.03. The Bertz CT molecular complexity index is 250. The number of carbonyl (C=O) groups excluding carboxylic acids is 1. The van der Waals surface area contributed by atoms with E-state index in [1.54, 1.807) is 0 Å². The number of hydrogen-bond acceptors (Lipinski definition) is 1. The van der Waals surface area contributed by atoms with Crippen molar-refractivity contribution in [1.82, 2.24) is 0 Å². The zero-order chi connectivity index (χ0) is 8.18. The molecule has 0 aliphatic heterocycles. The topological polar surface area (TPSA) is 17.1 Å². The van der Waals surface area contributed by atoms with Gasteiger partial charge in [-0.25, -0.2) is 0 Å². The molecule has 0 radical (unpaired) electrons. The Morgan fingerprint density at radius 2 is 1.92 bits per heavy atom. The van der Waals surface area contributed by atoms with Crippen molar-refractivity contribution < 1.29 is 4.79 Å². The lowest BCUT2D eigenvalue weighted by Gasteiger charge is -2.28. The van der Waals surface area contributed by atoms with Gasteiger partial charge in [0.05, 0.1) is 0 Å². The second-order valence-electron chi connectivity index (χ2n) is 4.62. The van der Waals surface area contributed by atoms with Crippen LogP contribution in [-0.4, -0.2) is 5.78 Å². The molecule has 3 rings (SSSR count). The van der Waals surface area contributed by atoms with Gasteiger partial charge in [-0.15, -0.1) is 0 Å². The summed E-state index contributed by atoms with van der Waals surface area (Å²) < 4.78 is 0. The molecule has 0 aromatic carbocycles. The molecule has 2 atom stereocenters. The molecule has 1 heteroatoms. The quantitative estimate of drug-likeness (QED) is 0.499. The summed E-state index contributed by atoms with van der Waals surface area (Å²) in [7, 11) is 0. The largest absolute Gasteiger partial charge is 0.300 e. The van der Waals surface area contributed by atoms with Gasteiger partial charge in [0, 0.05) is 12.8 Å². The maximum Gasteiger partial charge on any atom is 0.133 e. The van der Waals surface area contributed by atoms with E-state index < -0.39 is 0 Å². The molecule has 64 valence electrons. The van der Waals surface area contributed by atoms with Crippen LogP contribution >= 0.6 is 0 Å². The smallest absolute Gasteiger partial charge is 0.133 e. The summed E-state index contributed by atoms with van der Waals surface area (Å²) in [5.41, 5.74) is 0.428. The molecule has 0 heterocycles. The van der Waals surface area contributed by atoms with Gasteiger partial charge in [-0.1, -0.05) is 12.2 Å². The van der Waals surface area contributed by atoms with E-state index in [0.717, 1.165) is 24.7 Å². The fourth-order valence-electron chi connectivity index (χ4n) is 3.60. The van der Waals surface area contributed by atoms with Crippen LogP contribution in [0.3, 0.4) is 0 Å². The monoisotopic (exact) mass is 162 g/mol. The summed E-state index contributed by atoms with van der Waals surface area (Å²) in [6, 6.07) is 0. The predicted octanol–water partition coefficient (Wildman–Crippen LogP) is 2.32. The molecule has 0 N–H and O–H groups in total. The zero-order valence-corrected chi connectivity index (χ0v) is 7.25. The van der Waals surface area contributed by atoms with Crippen molar-refractivity contribution in [3.63, 3.8) is 0 Å². The van der Waals surface area contributed by atoms with Gasteiger partial charge in [-0.05, 0) is 36.5 Å². The molecule has 3 aliphatic rings. The van der Waals surface area contributed by atoms with Crippen molar-refractivity contribution in [2.45, 2.75) is 32.1 Å². The Balaban J connectivity index is 1.98. The van der Waals surface area contributed by atoms with Gasteiger partial charge in [0.2, 0.25) is 0 Å². The summed E-state index contributed by atoms with van der Waals surface area (Å²) in [5, 5.41) is 0. The van der Waals surface area contributed by atoms with Crippen LogP contribution in [0.5, 0.6) is 0 Å². The number of ketones is 1. The standard InChI is InChI=1S/C11H14O/c12-10-5-6-11(7-10)8-1-2-9(11)4-3-8/h1-2,8-9H,3-7H2. The third-order valence-electron chi connectivity index (χ3n) is 4.24. The lowest BCUT2D eigenvalue weighted by molar-refractivity contribution is -0.118. The molecule has 2 fully saturated rings. The number of rotatable bonds is 0. The minimum absolute atomic E-state index is 0.428. The van der Waals surface area contributed by atoms with Gasteiger partial charge >= 0.3 is 0 Å². The number of allylic oxidation sites excluding steroid dienone is 2. The van der Waals surface area contributed by atoms with Crippen molar-refractivity contribution in [2.24, 2.45) is 17.3 Å². The highest BCUT2D eigenvalue weighted by Gasteiger charge is 2.54. The Labute approximate surface area is 72.8 Å². The minimum Gasteiger partial charge on any atom is -0.300 e. The van der Waals surface area contributed by atoms with Crippen molar-refractivity contribution >= 4 is 5.78 Å². The predicted molar refractivity (Wildman–Crippen MR) is 46.6 cm³/mol. The maximum atomic E-state index is 11.3. The first-order chi connectivity index (χ1) is 5.81. The normalized spacial score (nSPS) is 49.8. The molecule has 1 nitrogen and oxygen atoms in total. The molecule has 0 saturated heterocycles. The second-order valence-corrected chi connectivity index (χ2v) is 4.62. The molecule has 2 unspecified atom stereocenters. The molecule has 1 spiro atoms. The first-order valence-corrected chi connectivity index (χ1v) is 5.01. The number of hydrogen-bond donors (Lipinski definition) is 0. The molecule has 12 heavy (non-hydrogen) atoms. The van der Waals surface area contributed by atoms with Crippen LogP contribution in [0.1, 0.15) is 32.1 Å². The SMILES string of the molecule is O=C1CCC2(C1)C1C=CC2CC1. The van der Waals surface area contributed by atoms with Crippen molar-refractivity contribution in [2.75, 3.05) is 0 Å². The Morgan fingerprint density at radius 3 is 2.33 bits per heavy atom.